The van der Waals surface area contributed by atoms with Gasteiger partial charge in [-0.3, -0.25) is 9.59 Å². The summed E-state index contributed by atoms with van der Waals surface area (Å²) in [6.45, 7) is 2.10. The number of aryl methyl sites for hydroxylation is 1. The van der Waals surface area contributed by atoms with E-state index >= 15 is 0 Å². The molecule has 2 aromatic carbocycles. The van der Waals surface area contributed by atoms with Gasteiger partial charge in [0.2, 0.25) is 23.1 Å². The molecule has 0 spiro atoms. The van der Waals surface area contributed by atoms with Crippen LogP contribution in [0.5, 0.6) is 0 Å². The average molecular weight is 354 g/mol. The standard InChI is InChI=1S/C20H18O4S/c1-4-12-8-10-13(11-9-12)25-15-7-5-6-14-16(15)18(22)20(24-3)19(23-2)17(14)21/h5-11H,4H2,1-3H3. The van der Waals surface area contributed by atoms with Crippen molar-refractivity contribution in [2.75, 3.05) is 14.2 Å². The molecule has 0 N–H and O–H groups in total. The molecule has 0 fully saturated rings. The molecule has 0 aromatic heterocycles. The minimum Gasteiger partial charge on any atom is -0.489 e. The summed E-state index contributed by atoms with van der Waals surface area (Å²) < 4.78 is 10.2. The van der Waals surface area contributed by atoms with Crippen LogP contribution >= 0.6 is 11.8 Å². The Kier molecular flexibility index (Phi) is 4.95. The van der Waals surface area contributed by atoms with E-state index in [1.807, 2.05) is 18.2 Å². The Morgan fingerprint density at radius 1 is 0.880 bits per heavy atom. The Morgan fingerprint density at radius 3 is 2.12 bits per heavy atom. The van der Waals surface area contributed by atoms with E-state index in [4.69, 9.17) is 9.47 Å². The van der Waals surface area contributed by atoms with Crippen molar-refractivity contribution in [2.45, 2.75) is 23.1 Å². The molecule has 0 atom stereocenters. The molecule has 0 heterocycles. The molecule has 0 saturated carbocycles. The topological polar surface area (TPSA) is 52.6 Å². The van der Waals surface area contributed by atoms with Gasteiger partial charge in [0.25, 0.3) is 0 Å². The second-order valence-corrected chi connectivity index (χ2v) is 6.62. The molecule has 2 aromatic rings. The maximum atomic E-state index is 12.8. The molecule has 25 heavy (non-hydrogen) atoms. The molecule has 0 radical (unpaired) electrons. The van der Waals surface area contributed by atoms with Crippen molar-refractivity contribution in [3.8, 4) is 0 Å². The highest BCUT2D eigenvalue weighted by molar-refractivity contribution is 7.99. The molecular formula is C20H18O4S. The van der Waals surface area contributed by atoms with Crippen LogP contribution in [0.3, 0.4) is 0 Å². The van der Waals surface area contributed by atoms with Crippen molar-refractivity contribution >= 4 is 23.3 Å². The van der Waals surface area contributed by atoms with E-state index in [9.17, 15) is 9.59 Å². The van der Waals surface area contributed by atoms with E-state index in [0.717, 1.165) is 16.2 Å². The first-order chi connectivity index (χ1) is 12.1. The molecule has 0 saturated heterocycles. The third-order valence-corrected chi connectivity index (χ3v) is 5.15. The number of Topliss-reactive ketones (excluding diaryl/α,β-unsaturated/α-hetero) is 2. The number of fused-ring (bicyclic) bond motifs is 1. The summed E-state index contributed by atoms with van der Waals surface area (Å²) in [7, 11) is 2.72. The van der Waals surface area contributed by atoms with Gasteiger partial charge >= 0.3 is 0 Å². The minimum absolute atomic E-state index is 0.0468. The van der Waals surface area contributed by atoms with Crippen molar-refractivity contribution in [1.29, 1.82) is 0 Å². The normalized spacial score (nSPS) is 13.7. The smallest absolute Gasteiger partial charge is 0.233 e. The van der Waals surface area contributed by atoms with Gasteiger partial charge in [-0.25, -0.2) is 0 Å². The number of allylic oxidation sites excluding steroid dienone is 2. The van der Waals surface area contributed by atoms with E-state index in [-0.39, 0.29) is 23.1 Å². The fraction of sp³-hybridized carbons (Fsp3) is 0.200. The number of methoxy groups -OCH3 is 2. The highest BCUT2D eigenvalue weighted by Gasteiger charge is 2.36. The molecule has 0 unspecified atom stereocenters. The molecule has 1 aliphatic carbocycles. The zero-order valence-corrected chi connectivity index (χ0v) is 15.1. The first kappa shape index (κ1) is 17.3. The maximum Gasteiger partial charge on any atom is 0.233 e. The Morgan fingerprint density at radius 2 is 1.52 bits per heavy atom. The number of hydrogen-bond acceptors (Lipinski definition) is 5. The molecule has 0 amide bonds. The summed E-state index contributed by atoms with van der Waals surface area (Å²) in [6.07, 6.45) is 0.973. The second kappa shape index (κ2) is 7.15. The number of ether oxygens (including phenoxy) is 2. The Labute approximate surface area is 150 Å². The van der Waals surface area contributed by atoms with Crippen molar-refractivity contribution in [1.82, 2.24) is 0 Å². The second-order valence-electron chi connectivity index (χ2n) is 5.50. The Balaban J connectivity index is 2.05. The summed E-state index contributed by atoms with van der Waals surface area (Å²) in [6, 6.07) is 13.4. The number of carbonyl (C=O) groups is 2. The monoisotopic (exact) mass is 354 g/mol. The molecule has 0 aliphatic heterocycles. The van der Waals surface area contributed by atoms with Crippen LogP contribution in [0.2, 0.25) is 0 Å². The molecule has 0 bridgehead atoms. The van der Waals surface area contributed by atoms with Gasteiger partial charge in [-0.1, -0.05) is 43.0 Å². The van der Waals surface area contributed by atoms with Crippen LogP contribution in [0.15, 0.2) is 63.8 Å². The van der Waals surface area contributed by atoms with Gasteiger partial charge in [-0.05, 0) is 30.2 Å². The Hall–Kier alpha value is -2.53. The number of benzene rings is 2. The quantitative estimate of drug-likeness (QED) is 0.802. The predicted molar refractivity (Wildman–Crippen MR) is 96.1 cm³/mol. The summed E-state index contributed by atoms with van der Waals surface area (Å²) in [5.74, 6) is -0.760. The molecular weight excluding hydrogens is 336 g/mol. The lowest BCUT2D eigenvalue weighted by Crippen LogP contribution is -2.24. The van der Waals surface area contributed by atoms with Gasteiger partial charge in [0.1, 0.15) is 0 Å². The fourth-order valence-electron chi connectivity index (χ4n) is 2.77. The van der Waals surface area contributed by atoms with E-state index in [0.29, 0.717) is 11.1 Å². The number of hydrogen-bond donors (Lipinski definition) is 0. The Bertz CT molecular complexity index is 866. The van der Waals surface area contributed by atoms with Crippen LogP contribution < -0.4 is 0 Å². The first-order valence-corrected chi connectivity index (χ1v) is 8.73. The van der Waals surface area contributed by atoms with Crippen molar-refractivity contribution in [3.05, 3.63) is 70.7 Å². The van der Waals surface area contributed by atoms with Gasteiger partial charge < -0.3 is 9.47 Å². The van der Waals surface area contributed by atoms with Crippen LogP contribution in [-0.4, -0.2) is 25.8 Å². The van der Waals surface area contributed by atoms with E-state index in [1.54, 1.807) is 12.1 Å². The van der Waals surface area contributed by atoms with Crippen LogP contribution in [0.25, 0.3) is 0 Å². The fourth-order valence-corrected chi connectivity index (χ4v) is 3.75. The average Bonchev–Trinajstić information content (AvgIpc) is 2.64. The summed E-state index contributed by atoms with van der Waals surface area (Å²) in [5, 5.41) is 0. The largest absolute Gasteiger partial charge is 0.489 e. The molecule has 128 valence electrons. The summed E-state index contributed by atoms with van der Waals surface area (Å²) >= 11 is 1.46. The van der Waals surface area contributed by atoms with Crippen LogP contribution in [0, 0.1) is 0 Å². The predicted octanol–water partition coefficient (Wildman–Crippen LogP) is 4.28. The highest BCUT2D eigenvalue weighted by atomic mass is 32.2. The van der Waals surface area contributed by atoms with Crippen molar-refractivity contribution in [2.24, 2.45) is 0 Å². The van der Waals surface area contributed by atoms with E-state index in [2.05, 4.69) is 19.1 Å². The van der Waals surface area contributed by atoms with Crippen LogP contribution in [-0.2, 0) is 15.9 Å². The zero-order chi connectivity index (χ0) is 18.0. The lowest BCUT2D eigenvalue weighted by molar-refractivity contribution is 0.0826. The summed E-state index contributed by atoms with van der Waals surface area (Å²) in [5.41, 5.74) is 1.97. The molecule has 3 rings (SSSR count). The maximum absolute atomic E-state index is 12.8. The SMILES string of the molecule is CCc1ccc(Sc2cccc3c2C(=O)C(OC)=C(OC)C3=O)cc1. The third kappa shape index (κ3) is 3.07. The molecule has 5 heteroatoms. The van der Waals surface area contributed by atoms with Gasteiger partial charge in [0.15, 0.2) is 0 Å². The highest BCUT2D eigenvalue weighted by Crippen LogP contribution is 2.37. The van der Waals surface area contributed by atoms with Crippen molar-refractivity contribution < 1.29 is 19.1 Å². The third-order valence-electron chi connectivity index (χ3n) is 4.08. The van der Waals surface area contributed by atoms with Gasteiger partial charge in [-0.2, -0.15) is 0 Å². The summed E-state index contributed by atoms with van der Waals surface area (Å²) in [4.78, 5) is 27.2. The lowest BCUT2D eigenvalue weighted by Gasteiger charge is -2.20. The van der Waals surface area contributed by atoms with Gasteiger partial charge in [0, 0.05) is 15.4 Å². The number of carbonyl (C=O) groups excluding carboxylic acids is 2. The van der Waals surface area contributed by atoms with E-state index < -0.39 is 0 Å². The lowest BCUT2D eigenvalue weighted by atomic mass is 9.92. The minimum atomic E-state index is -0.335. The van der Waals surface area contributed by atoms with E-state index in [1.165, 1.54) is 31.5 Å². The zero-order valence-electron chi connectivity index (χ0n) is 14.3. The molecule has 1 aliphatic rings. The first-order valence-electron chi connectivity index (χ1n) is 7.92. The molecule has 4 nitrogen and oxygen atoms in total. The van der Waals surface area contributed by atoms with Gasteiger partial charge in [-0.15, -0.1) is 0 Å². The van der Waals surface area contributed by atoms with Crippen molar-refractivity contribution in [3.63, 3.8) is 0 Å². The number of ketones is 2. The van der Waals surface area contributed by atoms with Gasteiger partial charge in [0.05, 0.1) is 19.8 Å². The number of rotatable bonds is 5. The van der Waals surface area contributed by atoms with Crippen LogP contribution in [0.1, 0.15) is 33.2 Å². The van der Waals surface area contributed by atoms with Crippen LogP contribution in [0.4, 0.5) is 0 Å².